The van der Waals surface area contributed by atoms with Gasteiger partial charge in [-0.25, -0.2) is 8.42 Å². The van der Waals surface area contributed by atoms with Crippen molar-refractivity contribution in [1.82, 2.24) is 14.8 Å². The molecule has 1 aliphatic heterocycles. The summed E-state index contributed by atoms with van der Waals surface area (Å²) in [6, 6.07) is 8.08. The van der Waals surface area contributed by atoms with Gasteiger partial charge in [0.2, 0.25) is 0 Å². The van der Waals surface area contributed by atoms with E-state index < -0.39 is 9.84 Å². The number of nitrogens with zero attached hydrogens (tertiary/aromatic N) is 3. The van der Waals surface area contributed by atoms with Gasteiger partial charge in [-0.05, 0) is 36.5 Å². The molecule has 1 aliphatic rings. The van der Waals surface area contributed by atoms with E-state index in [1.807, 2.05) is 23.7 Å². The molecule has 1 unspecified atom stereocenters. The van der Waals surface area contributed by atoms with Crippen LogP contribution in [-0.2, 0) is 29.7 Å². The molecule has 25 heavy (non-hydrogen) atoms. The van der Waals surface area contributed by atoms with Gasteiger partial charge in [0.05, 0.1) is 18.6 Å². The van der Waals surface area contributed by atoms with Gasteiger partial charge in [-0.15, -0.1) is 10.2 Å². The quantitative estimate of drug-likeness (QED) is 0.684. The van der Waals surface area contributed by atoms with E-state index in [2.05, 4.69) is 22.3 Å². The molecule has 8 heteroatoms. The third kappa shape index (κ3) is 4.76. The van der Waals surface area contributed by atoms with Gasteiger partial charge in [0.15, 0.2) is 15.0 Å². The summed E-state index contributed by atoms with van der Waals surface area (Å²) < 4.78 is 30.3. The molecular weight excluding hydrogens is 358 g/mol. The zero-order chi connectivity index (χ0) is 17.9. The van der Waals surface area contributed by atoms with Crippen molar-refractivity contribution < 1.29 is 13.2 Å². The van der Waals surface area contributed by atoms with Crippen LogP contribution < -0.4 is 4.74 Å². The molecule has 1 fully saturated rings. The molecule has 1 aromatic carbocycles. The summed E-state index contributed by atoms with van der Waals surface area (Å²) in [5.74, 6) is 3.40. The van der Waals surface area contributed by atoms with Crippen LogP contribution in [0.5, 0.6) is 5.75 Å². The number of benzene rings is 1. The SMILES string of the molecule is COc1ccc(CCSc2nnc(CC3CCS(=O)(=O)C3)n2C)cc1. The Hall–Kier alpha value is -1.54. The Balaban J connectivity index is 1.52. The highest BCUT2D eigenvalue weighted by Gasteiger charge is 2.29. The standard InChI is InChI=1S/C17H23N3O3S2/c1-20-16(11-14-8-10-25(21,22)12-14)18-19-17(20)24-9-7-13-3-5-15(23-2)6-4-13/h3-6,14H,7-12H2,1-2H3. The predicted octanol–water partition coefficient (Wildman–Crippen LogP) is 2.14. The van der Waals surface area contributed by atoms with E-state index >= 15 is 0 Å². The summed E-state index contributed by atoms with van der Waals surface area (Å²) in [6.07, 6.45) is 2.36. The zero-order valence-electron chi connectivity index (χ0n) is 14.5. The van der Waals surface area contributed by atoms with E-state index in [0.717, 1.165) is 35.3 Å². The molecule has 136 valence electrons. The first-order valence-electron chi connectivity index (χ1n) is 8.31. The van der Waals surface area contributed by atoms with Crippen LogP contribution in [0.1, 0.15) is 17.8 Å². The van der Waals surface area contributed by atoms with E-state index in [1.54, 1.807) is 18.9 Å². The molecule has 0 N–H and O–H groups in total. The summed E-state index contributed by atoms with van der Waals surface area (Å²) in [7, 11) is 0.774. The summed E-state index contributed by atoms with van der Waals surface area (Å²) in [6.45, 7) is 0. The highest BCUT2D eigenvalue weighted by Crippen LogP contribution is 2.24. The van der Waals surface area contributed by atoms with Gasteiger partial charge >= 0.3 is 0 Å². The molecule has 0 aliphatic carbocycles. The number of methoxy groups -OCH3 is 1. The van der Waals surface area contributed by atoms with Crippen molar-refractivity contribution in [3.8, 4) is 5.75 Å². The summed E-state index contributed by atoms with van der Waals surface area (Å²) in [5.41, 5.74) is 1.26. The number of aromatic nitrogens is 3. The Morgan fingerprint density at radius 2 is 2.04 bits per heavy atom. The first kappa shape index (κ1) is 18.3. The molecule has 1 atom stereocenters. The maximum atomic E-state index is 11.6. The van der Waals surface area contributed by atoms with Crippen molar-refractivity contribution in [2.24, 2.45) is 13.0 Å². The van der Waals surface area contributed by atoms with E-state index in [-0.39, 0.29) is 11.7 Å². The summed E-state index contributed by atoms with van der Waals surface area (Å²) in [4.78, 5) is 0. The van der Waals surface area contributed by atoms with Gasteiger partial charge in [0, 0.05) is 19.2 Å². The van der Waals surface area contributed by atoms with Crippen LogP contribution in [0.15, 0.2) is 29.4 Å². The minimum atomic E-state index is -2.84. The number of ether oxygens (including phenoxy) is 1. The third-order valence-corrected chi connectivity index (χ3v) is 7.36. The van der Waals surface area contributed by atoms with Crippen molar-refractivity contribution in [2.75, 3.05) is 24.4 Å². The number of rotatable bonds is 7. The minimum Gasteiger partial charge on any atom is -0.497 e. The van der Waals surface area contributed by atoms with Gasteiger partial charge in [-0.1, -0.05) is 23.9 Å². The van der Waals surface area contributed by atoms with E-state index in [4.69, 9.17) is 4.74 Å². The minimum absolute atomic E-state index is 0.171. The average Bonchev–Trinajstić information content (AvgIpc) is 3.11. The number of hydrogen-bond donors (Lipinski definition) is 0. The summed E-state index contributed by atoms with van der Waals surface area (Å²) >= 11 is 1.67. The monoisotopic (exact) mass is 381 g/mol. The van der Waals surface area contributed by atoms with E-state index in [1.165, 1.54) is 5.56 Å². The second kappa shape index (κ2) is 7.78. The maximum Gasteiger partial charge on any atom is 0.190 e. The van der Waals surface area contributed by atoms with Crippen molar-refractivity contribution in [3.05, 3.63) is 35.7 Å². The van der Waals surface area contributed by atoms with E-state index in [0.29, 0.717) is 12.2 Å². The van der Waals surface area contributed by atoms with Gasteiger partial charge in [-0.2, -0.15) is 0 Å². The number of thioether (sulfide) groups is 1. The zero-order valence-corrected chi connectivity index (χ0v) is 16.1. The molecule has 0 saturated carbocycles. The highest BCUT2D eigenvalue weighted by atomic mass is 32.2. The topological polar surface area (TPSA) is 74.1 Å². The second-order valence-corrected chi connectivity index (χ2v) is 9.67. The Morgan fingerprint density at radius 3 is 2.68 bits per heavy atom. The molecule has 0 amide bonds. The highest BCUT2D eigenvalue weighted by molar-refractivity contribution is 7.99. The maximum absolute atomic E-state index is 11.6. The van der Waals surface area contributed by atoms with Gasteiger partial charge in [0.25, 0.3) is 0 Å². The van der Waals surface area contributed by atoms with Crippen molar-refractivity contribution in [1.29, 1.82) is 0 Å². The van der Waals surface area contributed by atoms with Crippen molar-refractivity contribution >= 4 is 21.6 Å². The van der Waals surface area contributed by atoms with Crippen LogP contribution in [-0.4, -0.2) is 47.6 Å². The molecule has 1 saturated heterocycles. The van der Waals surface area contributed by atoms with Crippen LogP contribution >= 0.6 is 11.8 Å². The van der Waals surface area contributed by atoms with Crippen LogP contribution in [0.2, 0.25) is 0 Å². The average molecular weight is 382 g/mol. The van der Waals surface area contributed by atoms with Gasteiger partial charge in [0.1, 0.15) is 11.6 Å². The molecule has 0 bridgehead atoms. The molecule has 6 nitrogen and oxygen atoms in total. The Kier molecular flexibility index (Phi) is 5.68. The first-order chi connectivity index (χ1) is 12.0. The fourth-order valence-corrected chi connectivity index (χ4v) is 5.77. The fraction of sp³-hybridized carbons (Fsp3) is 0.529. The number of sulfone groups is 1. The fourth-order valence-electron chi connectivity index (χ4n) is 2.99. The van der Waals surface area contributed by atoms with Crippen molar-refractivity contribution in [3.63, 3.8) is 0 Å². The van der Waals surface area contributed by atoms with Crippen LogP contribution in [0.4, 0.5) is 0 Å². The normalized spacial score (nSPS) is 19.2. The summed E-state index contributed by atoms with van der Waals surface area (Å²) in [5, 5.41) is 9.39. The lowest BCUT2D eigenvalue weighted by molar-refractivity contribution is 0.414. The molecule has 1 aromatic heterocycles. The lowest BCUT2D eigenvalue weighted by Crippen LogP contribution is -2.11. The molecular formula is C17H23N3O3S2. The smallest absolute Gasteiger partial charge is 0.190 e. The van der Waals surface area contributed by atoms with E-state index in [9.17, 15) is 8.42 Å². The predicted molar refractivity (Wildman–Crippen MR) is 98.9 cm³/mol. The third-order valence-electron chi connectivity index (χ3n) is 4.50. The molecule has 0 spiro atoms. The molecule has 2 heterocycles. The van der Waals surface area contributed by atoms with Crippen LogP contribution in [0, 0.1) is 5.92 Å². The van der Waals surface area contributed by atoms with Crippen LogP contribution in [0.25, 0.3) is 0 Å². The lowest BCUT2D eigenvalue weighted by Gasteiger charge is -2.07. The van der Waals surface area contributed by atoms with Gasteiger partial charge < -0.3 is 9.30 Å². The molecule has 2 aromatic rings. The molecule has 0 radical (unpaired) electrons. The Bertz CT molecular complexity index is 816. The van der Waals surface area contributed by atoms with Crippen molar-refractivity contribution in [2.45, 2.75) is 24.4 Å². The Morgan fingerprint density at radius 1 is 1.28 bits per heavy atom. The Labute approximate surface area is 152 Å². The number of aryl methyl sites for hydroxylation is 1. The largest absolute Gasteiger partial charge is 0.497 e. The van der Waals surface area contributed by atoms with Crippen LogP contribution in [0.3, 0.4) is 0 Å². The van der Waals surface area contributed by atoms with Gasteiger partial charge in [-0.3, -0.25) is 0 Å². The second-order valence-electron chi connectivity index (χ2n) is 6.38. The molecule has 3 rings (SSSR count). The lowest BCUT2D eigenvalue weighted by atomic mass is 10.1. The first-order valence-corrected chi connectivity index (χ1v) is 11.1. The number of hydrogen-bond acceptors (Lipinski definition) is 6.